The van der Waals surface area contributed by atoms with Crippen LogP contribution in [0.25, 0.3) is 0 Å². The molecular formula is C16H18N4. The summed E-state index contributed by atoms with van der Waals surface area (Å²) < 4.78 is 0. The minimum absolute atomic E-state index is 0.0928. The van der Waals surface area contributed by atoms with E-state index >= 15 is 0 Å². The molecule has 102 valence electrons. The first-order chi connectivity index (χ1) is 9.86. The summed E-state index contributed by atoms with van der Waals surface area (Å²) in [7, 11) is 0. The lowest BCUT2D eigenvalue weighted by Gasteiger charge is -2.40. The van der Waals surface area contributed by atoms with Gasteiger partial charge >= 0.3 is 0 Å². The number of hydrazine groups is 1. The molecule has 0 bridgehead atoms. The van der Waals surface area contributed by atoms with Crippen molar-refractivity contribution < 1.29 is 0 Å². The van der Waals surface area contributed by atoms with Gasteiger partial charge in [0.2, 0.25) is 0 Å². The van der Waals surface area contributed by atoms with Crippen molar-refractivity contribution in [2.45, 2.75) is 37.6 Å². The number of rotatable bonds is 1. The standard InChI is InChI=1S/C16H18N4/c17-12-13-9-11-19-16(13)10-5-4-8-15(16)18-20(19)14-6-2-1-3-7-14/h1-3,6-7,13H,4-5,8-11H2/t13-,16+/m1/s1. The minimum atomic E-state index is -0.108. The van der Waals surface area contributed by atoms with E-state index in [-0.39, 0.29) is 11.5 Å². The third kappa shape index (κ3) is 1.41. The first kappa shape index (κ1) is 11.9. The fourth-order valence-corrected chi connectivity index (χ4v) is 4.07. The van der Waals surface area contributed by atoms with Crippen LogP contribution in [-0.4, -0.2) is 22.8 Å². The summed E-state index contributed by atoms with van der Waals surface area (Å²) in [6.07, 6.45) is 5.48. The zero-order valence-electron chi connectivity index (χ0n) is 11.5. The van der Waals surface area contributed by atoms with E-state index in [0.29, 0.717) is 0 Å². The molecule has 1 aromatic carbocycles. The lowest BCUT2D eigenvalue weighted by atomic mass is 9.73. The quantitative estimate of drug-likeness (QED) is 0.785. The molecule has 0 N–H and O–H groups in total. The maximum atomic E-state index is 9.55. The van der Waals surface area contributed by atoms with E-state index in [1.807, 2.05) is 18.2 Å². The van der Waals surface area contributed by atoms with Crippen LogP contribution >= 0.6 is 0 Å². The van der Waals surface area contributed by atoms with Crippen molar-refractivity contribution in [3.63, 3.8) is 0 Å². The Hall–Kier alpha value is -1.86. The van der Waals surface area contributed by atoms with Gasteiger partial charge in [0.05, 0.1) is 28.9 Å². The molecule has 1 saturated carbocycles. The summed E-state index contributed by atoms with van der Waals surface area (Å²) in [6.45, 7) is 0.931. The van der Waals surface area contributed by atoms with E-state index < -0.39 is 0 Å². The number of hydrazone groups is 1. The highest BCUT2D eigenvalue weighted by atomic mass is 15.8. The summed E-state index contributed by atoms with van der Waals surface area (Å²) in [5.41, 5.74) is 2.23. The molecule has 1 spiro atoms. The fourth-order valence-electron chi connectivity index (χ4n) is 4.07. The molecule has 2 heterocycles. The molecule has 4 rings (SSSR count). The van der Waals surface area contributed by atoms with Crippen LogP contribution in [-0.2, 0) is 0 Å². The Bertz CT molecular complexity index is 588. The predicted molar refractivity (Wildman–Crippen MR) is 78.0 cm³/mol. The average molecular weight is 266 g/mol. The number of nitrogens with zero attached hydrogens (tertiary/aromatic N) is 4. The second kappa shape index (κ2) is 4.32. The van der Waals surface area contributed by atoms with Crippen LogP contribution in [0.15, 0.2) is 35.4 Å². The molecule has 2 aliphatic heterocycles. The van der Waals surface area contributed by atoms with E-state index in [0.717, 1.165) is 31.5 Å². The monoisotopic (exact) mass is 266 g/mol. The number of nitriles is 1. The maximum absolute atomic E-state index is 9.55. The van der Waals surface area contributed by atoms with E-state index in [4.69, 9.17) is 5.10 Å². The van der Waals surface area contributed by atoms with Crippen molar-refractivity contribution in [3.8, 4) is 6.07 Å². The molecule has 0 aromatic heterocycles. The summed E-state index contributed by atoms with van der Waals surface area (Å²) in [4.78, 5) is 0. The normalized spacial score (nSPS) is 32.5. The number of benzene rings is 1. The van der Waals surface area contributed by atoms with Crippen molar-refractivity contribution in [3.05, 3.63) is 30.3 Å². The topological polar surface area (TPSA) is 42.6 Å². The largest absolute Gasteiger partial charge is 0.198 e. The van der Waals surface area contributed by atoms with Crippen molar-refractivity contribution >= 4 is 11.4 Å². The molecule has 0 radical (unpaired) electrons. The van der Waals surface area contributed by atoms with Gasteiger partial charge in [-0.15, -0.1) is 0 Å². The van der Waals surface area contributed by atoms with Gasteiger partial charge in [0.15, 0.2) is 0 Å². The van der Waals surface area contributed by atoms with E-state index in [2.05, 4.69) is 28.3 Å². The van der Waals surface area contributed by atoms with Gasteiger partial charge in [-0.25, -0.2) is 0 Å². The molecule has 1 aromatic rings. The zero-order chi connectivity index (χ0) is 13.6. The summed E-state index contributed by atoms with van der Waals surface area (Å²) in [5, 5.41) is 18.8. The van der Waals surface area contributed by atoms with Crippen molar-refractivity contribution in [2.75, 3.05) is 11.7 Å². The second-order valence-corrected chi connectivity index (χ2v) is 5.90. The van der Waals surface area contributed by atoms with Crippen LogP contribution in [0.4, 0.5) is 5.69 Å². The highest BCUT2D eigenvalue weighted by Gasteiger charge is 2.59. The highest BCUT2D eigenvalue weighted by molar-refractivity contribution is 5.98. The number of anilines is 1. The van der Waals surface area contributed by atoms with Gasteiger partial charge in [-0.1, -0.05) is 24.6 Å². The Morgan fingerprint density at radius 3 is 2.90 bits per heavy atom. The number of hydrogen-bond donors (Lipinski definition) is 0. The predicted octanol–water partition coefficient (Wildman–Crippen LogP) is 2.94. The van der Waals surface area contributed by atoms with Gasteiger partial charge in [0.1, 0.15) is 0 Å². The molecule has 4 nitrogen and oxygen atoms in total. The number of hydrogen-bond acceptors (Lipinski definition) is 4. The Labute approximate surface area is 119 Å². The van der Waals surface area contributed by atoms with Gasteiger partial charge in [-0.05, 0) is 37.8 Å². The molecule has 0 amide bonds. The average Bonchev–Trinajstić information content (AvgIpc) is 3.01. The summed E-state index contributed by atoms with van der Waals surface area (Å²) in [5.74, 6) is 0.0928. The molecular weight excluding hydrogens is 248 g/mol. The molecule has 20 heavy (non-hydrogen) atoms. The van der Waals surface area contributed by atoms with Gasteiger partial charge in [-0.2, -0.15) is 20.5 Å². The Balaban J connectivity index is 1.80. The van der Waals surface area contributed by atoms with Crippen molar-refractivity contribution in [1.82, 2.24) is 5.01 Å². The Morgan fingerprint density at radius 2 is 2.10 bits per heavy atom. The van der Waals surface area contributed by atoms with Crippen molar-refractivity contribution in [1.29, 1.82) is 5.26 Å². The molecule has 3 aliphatic rings. The van der Waals surface area contributed by atoms with E-state index in [1.54, 1.807) is 0 Å². The van der Waals surface area contributed by atoms with Gasteiger partial charge < -0.3 is 0 Å². The number of para-hydroxylation sites is 1. The smallest absolute Gasteiger partial charge is 0.0979 e. The SMILES string of the molecule is N#C[C@H]1CCN2N(c3ccccc3)N=C3CCCC[C@@]312. The molecule has 2 fully saturated rings. The summed E-state index contributed by atoms with van der Waals surface area (Å²) in [6, 6.07) is 12.8. The van der Waals surface area contributed by atoms with Crippen molar-refractivity contribution in [2.24, 2.45) is 11.0 Å². The molecule has 1 saturated heterocycles. The third-order valence-corrected chi connectivity index (χ3v) is 4.97. The molecule has 2 atom stereocenters. The van der Waals surface area contributed by atoms with E-state index in [1.165, 1.54) is 18.6 Å². The Kier molecular flexibility index (Phi) is 2.58. The first-order valence-corrected chi connectivity index (χ1v) is 7.46. The lowest BCUT2D eigenvalue weighted by Crippen LogP contribution is -2.54. The van der Waals surface area contributed by atoms with Crippen LogP contribution in [0.5, 0.6) is 0 Å². The van der Waals surface area contributed by atoms with E-state index in [9.17, 15) is 5.26 Å². The Morgan fingerprint density at radius 1 is 1.25 bits per heavy atom. The van der Waals surface area contributed by atoms with Crippen LogP contribution in [0.1, 0.15) is 32.1 Å². The lowest BCUT2D eigenvalue weighted by molar-refractivity contribution is 0.170. The maximum Gasteiger partial charge on any atom is 0.0979 e. The second-order valence-electron chi connectivity index (χ2n) is 5.90. The van der Waals surface area contributed by atoms with Crippen LogP contribution in [0.3, 0.4) is 0 Å². The molecule has 0 unspecified atom stereocenters. The zero-order valence-corrected chi connectivity index (χ0v) is 11.5. The highest BCUT2D eigenvalue weighted by Crippen LogP contribution is 2.49. The summed E-state index contributed by atoms with van der Waals surface area (Å²) >= 11 is 0. The molecule has 4 heteroatoms. The van der Waals surface area contributed by atoms with Crippen LogP contribution in [0.2, 0.25) is 0 Å². The first-order valence-electron chi connectivity index (χ1n) is 7.46. The third-order valence-electron chi connectivity index (χ3n) is 4.97. The van der Waals surface area contributed by atoms with Gasteiger partial charge in [0, 0.05) is 6.54 Å². The van der Waals surface area contributed by atoms with Gasteiger partial charge in [-0.3, -0.25) is 0 Å². The molecule has 1 aliphatic carbocycles. The fraction of sp³-hybridized carbons (Fsp3) is 0.500. The minimum Gasteiger partial charge on any atom is -0.198 e. The van der Waals surface area contributed by atoms with Crippen LogP contribution in [0, 0.1) is 17.2 Å². The van der Waals surface area contributed by atoms with Crippen LogP contribution < -0.4 is 5.12 Å². The van der Waals surface area contributed by atoms with Gasteiger partial charge in [0.25, 0.3) is 0 Å².